The highest BCUT2D eigenvalue weighted by Crippen LogP contribution is 2.52. The van der Waals surface area contributed by atoms with Crippen molar-refractivity contribution in [3.05, 3.63) is 59.7 Å². The first-order valence-electron chi connectivity index (χ1n) is 11.0. The van der Waals surface area contributed by atoms with Crippen LogP contribution in [0, 0.1) is 5.92 Å². The lowest BCUT2D eigenvalue weighted by Crippen LogP contribution is -2.68. The van der Waals surface area contributed by atoms with E-state index in [1.165, 1.54) is 11.3 Å². The van der Waals surface area contributed by atoms with Crippen LogP contribution in [0.2, 0.25) is 0 Å². The molecular formula is C26H32N2O3. The summed E-state index contributed by atoms with van der Waals surface area (Å²) >= 11 is 0. The van der Waals surface area contributed by atoms with Crippen molar-refractivity contribution in [2.75, 3.05) is 25.2 Å². The molecule has 2 aliphatic rings. The number of ether oxygens (including phenoxy) is 2. The Kier molecular flexibility index (Phi) is 5.46. The van der Waals surface area contributed by atoms with Crippen LogP contribution in [0.25, 0.3) is 6.08 Å². The summed E-state index contributed by atoms with van der Waals surface area (Å²) in [4.78, 5) is 14.9. The van der Waals surface area contributed by atoms with Gasteiger partial charge in [-0.15, -0.1) is 0 Å². The summed E-state index contributed by atoms with van der Waals surface area (Å²) in [6.45, 7) is 9.98. The van der Waals surface area contributed by atoms with Crippen LogP contribution >= 0.6 is 0 Å². The van der Waals surface area contributed by atoms with E-state index in [0.29, 0.717) is 31.2 Å². The molecule has 1 fully saturated rings. The molecule has 1 saturated heterocycles. The summed E-state index contributed by atoms with van der Waals surface area (Å²) in [5, 5.41) is 3.32. The Morgan fingerprint density at radius 1 is 1.16 bits per heavy atom. The number of nitrogens with zero attached hydrogens (tertiary/aromatic N) is 1. The number of rotatable bonds is 6. The lowest BCUT2D eigenvalue weighted by Gasteiger charge is -2.49. The van der Waals surface area contributed by atoms with Gasteiger partial charge in [-0.25, -0.2) is 0 Å². The van der Waals surface area contributed by atoms with Gasteiger partial charge in [-0.1, -0.05) is 58.0 Å². The van der Waals surface area contributed by atoms with Gasteiger partial charge in [0.25, 0.3) is 0 Å². The van der Waals surface area contributed by atoms with Crippen molar-refractivity contribution >= 4 is 17.7 Å². The minimum Gasteiger partial charge on any atom is -0.493 e. The van der Waals surface area contributed by atoms with Crippen molar-refractivity contribution in [2.24, 2.45) is 5.92 Å². The second kappa shape index (κ2) is 7.95. The van der Waals surface area contributed by atoms with Crippen LogP contribution in [-0.4, -0.2) is 31.8 Å². The molecule has 1 N–H and O–H groups in total. The van der Waals surface area contributed by atoms with Gasteiger partial charge < -0.3 is 19.7 Å². The molecule has 5 heteroatoms. The third-order valence-electron chi connectivity index (χ3n) is 6.42. The highest BCUT2D eigenvalue weighted by atomic mass is 16.5. The Balaban J connectivity index is 1.70. The lowest BCUT2D eigenvalue weighted by molar-refractivity contribution is -0.124. The van der Waals surface area contributed by atoms with Crippen LogP contribution in [-0.2, 0) is 10.2 Å². The zero-order chi connectivity index (χ0) is 22.2. The Morgan fingerprint density at radius 2 is 1.94 bits per heavy atom. The van der Waals surface area contributed by atoms with E-state index in [1.54, 1.807) is 7.11 Å². The number of para-hydroxylation sites is 1. The van der Waals surface area contributed by atoms with Crippen LogP contribution in [0.15, 0.2) is 48.5 Å². The molecule has 0 aliphatic carbocycles. The number of carbonyl (C=O) groups is 1. The van der Waals surface area contributed by atoms with Crippen LogP contribution in [0.4, 0.5) is 5.69 Å². The fraction of sp³-hybridized carbons (Fsp3) is 0.423. The standard InChI is InChI=1S/C26H32N2O3/c1-18(2)17-31-22-11-10-19(16-23(22)30-5)12-14-26-25(3,4)20-8-6-7-9-21(20)28(26)15-13-24(29)27-26/h6-12,14,16,18H,13,15,17H2,1-5H3,(H,27,29)/b14-12+. The first kappa shape index (κ1) is 21.3. The summed E-state index contributed by atoms with van der Waals surface area (Å²) in [5.74, 6) is 1.97. The number of hydrogen-bond acceptors (Lipinski definition) is 4. The molecule has 0 radical (unpaired) electrons. The molecule has 2 aliphatic heterocycles. The number of nitrogens with one attached hydrogen (secondary N) is 1. The average molecular weight is 421 g/mol. The second-order valence-electron chi connectivity index (χ2n) is 9.31. The Bertz CT molecular complexity index is 1010. The van der Waals surface area contributed by atoms with Gasteiger partial charge in [0, 0.05) is 24.1 Å². The van der Waals surface area contributed by atoms with Gasteiger partial charge in [-0.3, -0.25) is 4.79 Å². The van der Waals surface area contributed by atoms with Crippen LogP contribution in [0.5, 0.6) is 11.5 Å². The first-order chi connectivity index (χ1) is 14.8. The molecule has 2 aromatic rings. The molecule has 0 aromatic heterocycles. The smallest absolute Gasteiger partial charge is 0.223 e. The minimum absolute atomic E-state index is 0.0804. The molecule has 2 heterocycles. The predicted octanol–water partition coefficient (Wildman–Crippen LogP) is 4.76. The monoisotopic (exact) mass is 420 g/mol. The average Bonchev–Trinajstić information content (AvgIpc) is 2.95. The predicted molar refractivity (Wildman–Crippen MR) is 125 cm³/mol. The molecule has 0 saturated carbocycles. The Hall–Kier alpha value is -2.95. The van der Waals surface area contributed by atoms with E-state index < -0.39 is 5.66 Å². The number of carbonyl (C=O) groups excluding carboxylic acids is 1. The van der Waals surface area contributed by atoms with E-state index in [4.69, 9.17) is 9.47 Å². The molecule has 1 atom stereocenters. The maximum Gasteiger partial charge on any atom is 0.223 e. The molecule has 164 valence electrons. The second-order valence-corrected chi connectivity index (χ2v) is 9.31. The first-order valence-corrected chi connectivity index (χ1v) is 11.0. The zero-order valence-electron chi connectivity index (χ0n) is 19.1. The third-order valence-corrected chi connectivity index (χ3v) is 6.42. The maximum atomic E-state index is 12.5. The number of anilines is 1. The van der Waals surface area contributed by atoms with Crippen LogP contribution < -0.4 is 19.7 Å². The zero-order valence-corrected chi connectivity index (χ0v) is 19.1. The number of amides is 1. The largest absolute Gasteiger partial charge is 0.493 e. The number of benzene rings is 2. The van der Waals surface area contributed by atoms with Crippen molar-refractivity contribution in [1.82, 2.24) is 5.32 Å². The van der Waals surface area contributed by atoms with Crippen molar-refractivity contribution in [3.63, 3.8) is 0 Å². The topological polar surface area (TPSA) is 50.8 Å². The molecule has 1 unspecified atom stereocenters. The van der Waals surface area contributed by atoms with Crippen molar-refractivity contribution in [1.29, 1.82) is 0 Å². The van der Waals surface area contributed by atoms with Gasteiger partial charge in [0.15, 0.2) is 11.5 Å². The SMILES string of the molecule is COc1cc(/C=C/C23NC(=O)CCN2c2ccccc2C3(C)C)ccc1OCC(C)C. The van der Waals surface area contributed by atoms with Crippen LogP contribution in [0.1, 0.15) is 45.2 Å². The molecular weight excluding hydrogens is 388 g/mol. The van der Waals surface area contributed by atoms with Crippen molar-refractivity contribution in [2.45, 2.75) is 45.2 Å². The molecule has 1 amide bonds. The minimum atomic E-state index is -0.619. The molecule has 31 heavy (non-hydrogen) atoms. The molecule has 5 nitrogen and oxygen atoms in total. The van der Waals surface area contributed by atoms with Gasteiger partial charge in [0.05, 0.1) is 13.7 Å². The van der Waals surface area contributed by atoms with E-state index in [-0.39, 0.29) is 11.3 Å². The normalized spacial score (nSPS) is 21.7. The lowest BCUT2D eigenvalue weighted by atomic mass is 9.74. The van der Waals surface area contributed by atoms with Crippen molar-refractivity contribution in [3.8, 4) is 11.5 Å². The van der Waals surface area contributed by atoms with E-state index in [2.05, 4.69) is 74.3 Å². The van der Waals surface area contributed by atoms with Gasteiger partial charge >= 0.3 is 0 Å². The van der Waals surface area contributed by atoms with Gasteiger partial charge in [0.2, 0.25) is 5.91 Å². The van der Waals surface area contributed by atoms with E-state index in [0.717, 1.165) is 11.3 Å². The van der Waals surface area contributed by atoms with E-state index in [1.807, 2.05) is 18.2 Å². The third kappa shape index (κ3) is 3.56. The highest BCUT2D eigenvalue weighted by molar-refractivity contribution is 5.84. The van der Waals surface area contributed by atoms with E-state index >= 15 is 0 Å². The van der Waals surface area contributed by atoms with Gasteiger partial charge in [-0.05, 0) is 41.3 Å². The quantitative estimate of drug-likeness (QED) is 0.732. The molecule has 4 rings (SSSR count). The fourth-order valence-electron chi connectivity index (χ4n) is 4.70. The van der Waals surface area contributed by atoms with Gasteiger partial charge in [0.1, 0.15) is 5.66 Å². The summed E-state index contributed by atoms with van der Waals surface area (Å²) in [6, 6.07) is 14.4. The van der Waals surface area contributed by atoms with Gasteiger partial charge in [-0.2, -0.15) is 0 Å². The van der Waals surface area contributed by atoms with E-state index in [9.17, 15) is 4.79 Å². The molecule has 0 spiro atoms. The summed E-state index contributed by atoms with van der Waals surface area (Å²) in [7, 11) is 1.66. The highest BCUT2D eigenvalue weighted by Gasteiger charge is 2.57. The Morgan fingerprint density at radius 3 is 2.68 bits per heavy atom. The number of fused-ring (bicyclic) bond motifs is 3. The summed E-state index contributed by atoms with van der Waals surface area (Å²) < 4.78 is 11.4. The summed E-state index contributed by atoms with van der Waals surface area (Å²) in [5.41, 5.74) is 2.52. The molecule has 0 bridgehead atoms. The molecule has 2 aromatic carbocycles. The fourth-order valence-corrected chi connectivity index (χ4v) is 4.70. The van der Waals surface area contributed by atoms with Crippen molar-refractivity contribution < 1.29 is 14.3 Å². The maximum absolute atomic E-state index is 12.5. The Labute approximate surface area is 185 Å². The van der Waals surface area contributed by atoms with Crippen LogP contribution in [0.3, 0.4) is 0 Å². The number of methoxy groups -OCH3 is 1. The summed E-state index contributed by atoms with van der Waals surface area (Å²) in [6.07, 6.45) is 4.70. The number of hydrogen-bond donors (Lipinski definition) is 1.